The Morgan fingerprint density at radius 2 is 2.25 bits per heavy atom. The van der Waals surface area contributed by atoms with Crippen molar-refractivity contribution in [2.75, 3.05) is 13.7 Å². The summed E-state index contributed by atoms with van der Waals surface area (Å²) in [4.78, 5) is 0. The molecule has 1 unspecified atom stereocenters. The Kier molecular flexibility index (Phi) is 3.44. The van der Waals surface area contributed by atoms with Gasteiger partial charge in [-0.25, -0.2) is 8.78 Å². The van der Waals surface area contributed by atoms with E-state index in [1.165, 1.54) is 7.11 Å². The van der Waals surface area contributed by atoms with Crippen LogP contribution in [0.25, 0.3) is 0 Å². The Hall–Kier alpha value is -0.680. The molecular weight excluding hydrogens is 280 g/mol. The van der Waals surface area contributed by atoms with Crippen molar-refractivity contribution < 1.29 is 13.5 Å². The zero-order valence-corrected chi connectivity index (χ0v) is 10.4. The van der Waals surface area contributed by atoms with E-state index >= 15 is 0 Å². The molecule has 5 heteroatoms. The van der Waals surface area contributed by atoms with Gasteiger partial charge in [0.25, 0.3) is 0 Å². The van der Waals surface area contributed by atoms with E-state index in [9.17, 15) is 8.78 Å². The summed E-state index contributed by atoms with van der Waals surface area (Å²) in [5, 5.41) is 3.14. The van der Waals surface area contributed by atoms with Crippen LogP contribution in [0.2, 0.25) is 0 Å². The highest BCUT2D eigenvalue weighted by Crippen LogP contribution is 2.39. The van der Waals surface area contributed by atoms with Crippen LogP contribution in [0.5, 0.6) is 5.75 Å². The van der Waals surface area contributed by atoms with Crippen LogP contribution in [-0.4, -0.2) is 13.7 Å². The third-order valence-corrected chi connectivity index (χ3v) is 3.36. The van der Waals surface area contributed by atoms with Crippen LogP contribution in [0, 0.1) is 11.6 Å². The van der Waals surface area contributed by atoms with Crippen molar-refractivity contribution in [3.8, 4) is 5.75 Å². The molecule has 1 aliphatic heterocycles. The molecule has 0 amide bonds. The molecular formula is C11H12BrF2NO. The average molecular weight is 292 g/mol. The van der Waals surface area contributed by atoms with Crippen molar-refractivity contribution in [2.24, 2.45) is 0 Å². The van der Waals surface area contributed by atoms with Crippen LogP contribution in [-0.2, 0) is 0 Å². The van der Waals surface area contributed by atoms with Gasteiger partial charge in [-0.2, -0.15) is 0 Å². The van der Waals surface area contributed by atoms with Gasteiger partial charge in [-0.15, -0.1) is 0 Å². The van der Waals surface area contributed by atoms with Gasteiger partial charge in [0.05, 0.1) is 17.1 Å². The third-order valence-electron chi connectivity index (χ3n) is 2.77. The first kappa shape index (κ1) is 11.8. The van der Waals surface area contributed by atoms with Crippen LogP contribution in [0.3, 0.4) is 0 Å². The maximum atomic E-state index is 13.8. The summed E-state index contributed by atoms with van der Waals surface area (Å²) in [7, 11) is 1.45. The summed E-state index contributed by atoms with van der Waals surface area (Å²) in [6.45, 7) is 0.821. The zero-order valence-electron chi connectivity index (χ0n) is 8.82. The number of methoxy groups -OCH3 is 1. The molecule has 1 aliphatic rings. The van der Waals surface area contributed by atoms with Crippen LogP contribution in [0.4, 0.5) is 8.78 Å². The van der Waals surface area contributed by atoms with Gasteiger partial charge in [-0.1, -0.05) is 0 Å². The molecule has 0 saturated carbocycles. The second-order valence-electron chi connectivity index (χ2n) is 3.75. The van der Waals surface area contributed by atoms with Crippen LogP contribution >= 0.6 is 15.9 Å². The fourth-order valence-electron chi connectivity index (χ4n) is 2.05. The minimum Gasteiger partial charge on any atom is -0.495 e. The predicted octanol–water partition coefficient (Wildman–Crippen LogP) is 3.16. The van der Waals surface area contributed by atoms with E-state index < -0.39 is 11.6 Å². The standard InChI is InChI=1S/C11H12BrF2NO/c1-16-11-6(12)5-7(13)10(14)9(11)8-3-2-4-15-8/h5,8,15H,2-4H2,1H3. The lowest BCUT2D eigenvalue weighted by Gasteiger charge is -2.17. The maximum absolute atomic E-state index is 13.8. The van der Waals surface area contributed by atoms with Crippen LogP contribution < -0.4 is 10.1 Å². The van der Waals surface area contributed by atoms with Crippen LogP contribution in [0.15, 0.2) is 10.5 Å². The predicted molar refractivity (Wildman–Crippen MR) is 60.6 cm³/mol. The summed E-state index contributed by atoms with van der Waals surface area (Å²) in [5.74, 6) is -1.30. The van der Waals surface area contributed by atoms with E-state index in [0.717, 1.165) is 25.5 Å². The van der Waals surface area contributed by atoms with Gasteiger partial charge in [0.15, 0.2) is 11.6 Å². The van der Waals surface area contributed by atoms with E-state index in [2.05, 4.69) is 21.2 Å². The first-order valence-electron chi connectivity index (χ1n) is 5.10. The monoisotopic (exact) mass is 291 g/mol. The van der Waals surface area contributed by atoms with Crippen molar-refractivity contribution in [2.45, 2.75) is 18.9 Å². The molecule has 16 heavy (non-hydrogen) atoms. The van der Waals surface area contributed by atoms with E-state index in [1.54, 1.807) is 0 Å². The first-order valence-corrected chi connectivity index (χ1v) is 5.89. The van der Waals surface area contributed by atoms with E-state index in [-0.39, 0.29) is 11.6 Å². The molecule has 1 N–H and O–H groups in total. The number of halogens is 3. The maximum Gasteiger partial charge on any atom is 0.167 e. The van der Waals surface area contributed by atoms with E-state index in [1.807, 2.05) is 0 Å². The number of nitrogens with one attached hydrogen (secondary N) is 1. The molecule has 1 heterocycles. The molecule has 1 saturated heterocycles. The molecule has 2 nitrogen and oxygen atoms in total. The smallest absolute Gasteiger partial charge is 0.167 e. The van der Waals surface area contributed by atoms with Gasteiger partial charge < -0.3 is 10.1 Å². The summed E-state index contributed by atoms with van der Waals surface area (Å²) < 4.78 is 32.7. The average Bonchev–Trinajstić information content (AvgIpc) is 2.76. The lowest BCUT2D eigenvalue weighted by molar-refractivity contribution is 0.385. The van der Waals surface area contributed by atoms with Gasteiger partial charge in [0.1, 0.15) is 5.75 Å². The van der Waals surface area contributed by atoms with Gasteiger partial charge in [-0.3, -0.25) is 0 Å². The van der Waals surface area contributed by atoms with Crippen molar-refractivity contribution in [1.29, 1.82) is 0 Å². The molecule has 88 valence electrons. The first-order chi connectivity index (χ1) is 7.65. The van der Waals surface area contributed by atoms with E-state index in [0.29, 0.717) is 10.2 Å². The number of rotatable bonds is 2. The molecule has 0 radical (unpaired) electrons. The number of hydrogen-bond donors (Lipinski definition) is 1. The highest BCUT2D eigenvalue weighted by molar-refractivity contribution is 9.10. The zero-order chi connectivity index (χ0) is 11.7. The van der Waals surface area contributed by atoms with Gasteiger partial charge in [-0.05, 0) is 41.4 Å². The molecule has 1 aromatic rings. The molecule has 0 spiro atoms. The summed E-state index contributed by atoms with van der Waals surface area (Å²) >= 11 is 3.18. The Balaban J connectivity index is 2.54. The van der Waals surface area contributed by atoms with Crippen molar-refractivity contribution >= 4 is 15.9 Å². The molecule has 0 aliphatic carbocycles. The SMILES string of the molecule is COc1c(Br)cc(F)c(F)c1C1CCCN1. The normalized spacial score (nSPS) is 20.1. The second kappa shape index (κ2) is 4.67. The van der Waals surface area contributed by atoms with Gasteiger partial charge in [0, 0.05) is 6.04 Å². The van der Waals surface area contributed by atoms with Gasteiger partial charge in [0.2, 0.25) is 0 Å². The summed E-state index contributed by atoms with van der Waals surface area (Å²) in [6, 6.07) is 0.925. The van der Waals surface area contributed by atoms with Crippen molar-refractivity contribution in [3.05, 3.63) is 27.7 Å². The number of hydrogen-bond acceptors (Lipinski definition) is 2. The fraction of sp³-hybridized carbons (Fsp3) is 0.455. The Morgan fingerprint density at radius 1 is 1.50 bits per heavy atom. The van der Waals surface area contributed by atoms with Crippen LogP contribution in [0.1, 0.15) is 24.4 Å². The molecule has 1 fully saturated rings. The lowest BCUT2D eigenvalue weighted by Crippen LogP contribution is -2.16. The third kappa shape index (κ3) is 1.94. The van der Waals surface area contributed by atoms with Crippen molar-refractivity contribution in [3.63, 3.8) is 0 Å². The number of benzene rings is 1. The van der Waals surface area contributed by atoms with Crippen molar-refractivity contribution in [1.82, 2.24) is 5.32 Å². The highest BCUT2D eigenvalue weighted by atomic mass is 79.9. The Labute approximate surface area is 101 Å². The molecule has 0 bridgehead atoms. The topological polar surface area (TPSA) is 21.3 Å². The quantitative estimate of drug-likeness (QED) is 0.845. The largest absolute Gasteiger partial charge is 0.495 e. The second-order valence-corrected chi connectivity index (χ2v) is 4.60. The molecule has 1 atom stereocenters. The van der Waals surface area contributed by atoms with E-state index in [4.69, 9.17) is 4.74 Å². The molecule has 2 rings (SSSR count). The summed E-state index contributed by atoms with van der Waals surface area (Å²) in [5.41, 5.74) is 0.284. The highest BCUT2D eigenvalue weighted by Gasteiger charge is 2.27. The van der Waals surface area contributed by atoms with Gasteiger partial charge >= 0.3 is 0 Å². The Bertz CT molecular complexity index is 405. The molecule has 0 aromatic heterocycles. The minimum absolute atomic E-state index is 0.165. The molecule has 1 aromatic carbocycles. The fourth-order valence-corrected chi connectivity index (χ4v) is 2.62. The number of ether oxygens (including phenoxy) is 1. The summed E-state index contributed by atoms with van der Waals surface area (Å²) in [6.07, 6.45) is 1.75. The lowest BCUT2D eigenvalue weighted by atomic mass is 10.0. The minimum atomic E-state index is -0.851. The Morgan fingerprint density at radius 3 is 2.81 bits per heavy atom.